The van der Waals surface area contributed by atoms with E-state index in [0.717, 1.165) is 5.69 Å². The smallest absolute Gasteiger partial charge is 0.144 e. The maximum atomic E-state index is 5.65. The lowest BCUT2D eigenvalue weighted by Gasteiger charge is -2.20. The Hall–Kier alpha value is -1.22. The third-order valence-corrected chi connectivity index (χ3v) is 2.72. The van der Waals surface area contributed by atoms with E-state index in [0.29, 0.717) is 11.6 Å². The highest BCUT2D eigenvalue weighted by Gasteiger charge is 2.15. The summed E-state index contributed by atoms with van der Waals surface area (Å²) < 4.78 is 5.25. The zero-order valence-electron chi connectivity index (χ0n) is 10.7. The van der Waals surface area contributed by atoms with Crippen molar-refractivity contribution >= 4 is 23.1 Å². The molecule has 0 aliphatic carbocycles. The number of halogens is 1. The van der Waals surface area contributed by atoms with Gasteiger partial charge in [-0.15, -0.1) is 11.6 Å². The molecular formula is C13H19ClN2O. The van der Waals surface area contributed by atoms with Gasteiger partial charge in [-0.05, 0) is 23.1 Å². The molecule has 1 aromatic carbocycles. The zero-order chi connectivity index (χ0) is 13.1. The quantitative estimate of drug-likeness (QED) is 0.512. The number of hydrogen-bond donors (Lipinski definition) is 1. The molecule has 0 unspecified atom stereocenters. The minimum absolute atomic E-state index is 0.0618. The molecule has 0 aliphatic rings. The molecule has 0 aromatic heterocycles. The lowest BCUT2D eigenvalue weighted by atomic mass is 9.87. The molecular weight excluding hydrogens is 236 g/mol. The fourth-order valence-corrected chi connectivity index (χ4v) is 1.49. The fraction of sp³-hybridized carbons (Fsp3) is 0.462. The van der Waals surface area contributed by atoms with Crippen molar-refractivity contribution < 1.29 is 4.74 Å². The van der Waals surface area contributed by atoms with Crippen LogP contribution in [0.15, 0.2) is 23.2 Å². The first-order valence-electron chi connectivity index (χ1n) is 5.46. The molecule has 2 N–H and O–H groups in total. The lowest BCUT2D eigenvalue weighted by molar-refractivity contribution is 0.415. The van der Waals surface area contributed by atoms with E-state index in [1.165, 1.54) is 5.56 Å². The van der Waals surface area contributed by atoms with Crippen LogP contribution in [0.4, 0.5) is 5.69 Å². The Balaban J connectivity index is 3.25. The van der Waals surface area contributed by atoms with Gasteiger partial charge in [-0.25, -0.2) is 4.99 Å². The Labute approximate surface area is 108 Å². The monoisotopic (exact) mass is 254 g/mol. The van der Waals surface area contributed by atoms with Crippen LogP contribution in [0.1, 0.15) is 26.3 Å². The van der Waals surface area contributed by atoms with E-state index in [2.05, 4.69) is 25.8 Å². The highest BCUT2D eigenvalue weighted by molar-refractivity contribution is 6.28. The summed E-state index contributed by atoms with van der Waals surface area (Å²) in [4.78, 5) is 4.26. The Kier molecular flexibility index (Phi) is 4.40. The van der Waals surface area contributed by atoms with Crippen LogP contribution in [0.2, 0.25) is 0 Å². The molecule has 0 aliphatic heterocycles. The maximum Gasteiger partial charge on any atom is 0.144 e. The number of alkyl halides is 1. The van der Waals surface area contributed by atoms with Gasteiger partial charge in [0.1, 0.15) is 17.3 Å². The lowest BCUT2D eigenvalue weighted by Crippen LogP contribution is -2.13. The summed E-state index contributed by atoms with van der Waals surface area (Å²) in [5, 5.41) is 0. The summed E-state index contributed by atoms with van der Waals surface area (Å²) in [5.74, 6) is 1.30. The van der Waals surface area contributed by atoms with Crippen molar-refractivity contribution in [2.75, 3.05) is 13.0 Å². The minimum Gasteiger partial charge on any atom is -0.494 e. The van der Waals surface area contributed by atoms with Crippen LogP contribution >= 0.6 is 11.6 Å². The third kappa shape index (κ3) is 3.63. The van der Waals surface area contributed by atoms with Gasteiger partial charge in [0.25, 0.3) is 0 Å². The number of amidine groups is 1. The topological polar surface area (TPSA) is 47.6 Å². The Morgan fingerprint density at radius 3 is 2.53 bits per heavy atom. The summed E-state index contributed by atoms with van der Waals surface area (Å²) in [6.07, 6.45) is 0. The van der Waals surface area contributed by atoms with Gasteiger partial charge in [0.05, 0.1) is 13.0 Å². The Morgan fingerprint density at radius 2 is 2.06 bits per heavy atom. The molecule has 0 atom stereocenters. The van der Waals surface area contributed by atoms with Gasteiger partial charge >= 0.3 is 0 Å². The van der Waals surface area contributed by atoms with Crippen LogP contribution in [0, 0.1) is 0 Å². The summed E-state index contributed by atoms with van der Waals surface area (Å²) in [6, 6.07) is 5.92. The van der Waals surface area contributed by atoms with E-state index in [1.807, 2.05) is 18.2 Å². The van der Waals surface area contributed by atoms with Crippen LogP contribution in [0.5, 0.6) is 5.75 Å². The minimum atomic E-state index is 0.0618. The molecule has 0 bridgehead atoms. The van der Waals surface area contributed by atoms with E-state index < -0.39 is 0 Å². The third-order valence-electron chi connectivity index (χ3n) is 2.45. The first-order valence-corrected chi connectivity index (χ1v) is 5.99. The van der Waals surface area contributed by atoms with Crippen molar-refractivity contribution in [2.24, 2.45) is 10.7 Å². The van der Waals surface area contributed by atoms with Crippen LogP contribution < -0.4 is 10.5 Å². The number of nitrogens with zero attached hydrogens (tertiary/aromatic N) is 1. The second-order valence-corrected chi connectivity index (χ2v) is 5.14. The van der Waals surface area contributed by atoms with Gasteiger partial charge < -0.3 is 10.5 Å². The number of nitrogens with two attached hydrogens (primary N) is 1. The standard InChI is InChI=1S/C13H19ClN2O/c1-13(2,3)9-5-6-11(17-4)10(7-9)16-12(15)8-14/h5-7H,8H2,1-4H3,(H2,15,16). The van der Waals surface area contributed by atoms with Crippen molar-refractivity contribution in [3.05, 3.63) is 23.8 Å². The van der Waals surface area contributed by atoms with E-state index in [4.69, 9.17) is 22.1 Å². The number of methoxy groups -OCH3 is 1. The molecule has 17 heavy (non-hydrogen) atoms. The van der Waals surface area contributed by atoms with E-state index in [9.17, 15) is 0 Å². The largest absolute Gasteiger partial charge is 0.494 e. The van der Waals surface area contributed by atoms with Crippen molar-refractivity contribution in [3.8, 4) is 5.75 Å². The predicted octanol–water partition coefficient (Wildman–Crippen LogP) is 3.22. The van der Waals surface area contributed by atoms with Crippen molar-refractivity contribution in [1.82, 2.24) is 0 Å². The molecule has 0 saturated carbocycles. The molecule has 4 heteroatoms. The maximum absolute atomic E-state index is 5.65. The summed E-state index contributed by atoms with van der Waals surface area (Å²) >= 11 is 5.63. The SMILES string of the molecule is COc1ccc(C(C)(C)C)cc1N=C(N)CCl. The molecule has 0 radical (unpaired) electrons. The van der Waals surface area contributed by atoms with Crippen LogP contribution in [0.25, 0.3) is 0 Å². The molecule has 1 rings (SSSR count). The molecule has 0 amide bonds. The molecule has 3 nitrogen and oxygen atoms in total. The van der Waals surface area contributed by atoms with Crippen molar-refractivity contribution in [1.29, 1.82) is 0 Å². The van der Waals surface area contributed by atoms with Gasteiger partial charge in [-0.2, -0.15) is 0 Å². The normalized spacial score (nSPS) is 12.6. The number of hydrogen-bond acceptors (Lipinski definition) is 2. The van der Waals surface area contributed by atoms with Gasteiger partial charge in [0, 0.05) is 0 Å². The second-order valence-electron chi connectivity index (χ2n) is 4.87. The fourth-order valence-electron chi connectivity index (χ4n) is 1.43. The molecule has 0 fully saturated rings. The van der Waals surface area contributed by atoms with Gasteiger partial charge in [-0.1, -0.05) is 26.8 Å². The molecule has 0 saturated heterocycles. The number of benzene rings is 1. The molecule has 0 spiro atoms. The second kappa shape index (κ2) is 5.41. The van der Waals surface area contributed by atoms with Gasteiger partial charge in [-0.3, -0.25) is 0 Å². The predicted molar refractivity (Wildman–Crippen MR) is 73.7 cm³/mol. The highest BCUT2D eigenvalue weighted by Crippen LogP contribution is 2.33. The summed E-state index contributed by atoms with van der Waals surface area (Å²) in [5.41, 5.74) is 7.61. The first kappa shape index (κ1) is 13.8. The summed E-state index contributed by atoms with van der Waals surface area (Å²) in [6.45, 7) is 6.44. The zero-order valence-corrected chi connectivity index (χ0v) is 11.5. The first-order chi connectivity index (χ1) is 7.88. The molecule has 1 aromatic rings. The van der Waals surface area contributed by atoms with Crippen LogP contribution in [-0.2, 0) is 5.41 Å². The van der Waals surface area contributed by atoms with Gasteiger partial charge in [0.2, 0.25) is 0 Å². The Morgan fingerprint density at radius 1 is 1.41 bits per heavy atom. The highest BCUT2D eigenvalue weighted by atomic mass is 35.5. The summed E-state index contributed by atoms with van der Waals surface area (Å²) in [7, 11) is 1.61. The number of rotatable bonds is 3. The number of aliphatic imine (C=N–C) groups is 1. The molecule has 0 heterocycles. The van der Waals surface area contributed by atoms with Gasteiger partial charge in [0.15, 0.2) is 0 Å². The van der Waals surface area contributed by atoms with Crippen molar-refractivity contribution in [2.45, 2.75) is 26.2 Å². The average molecular weight is 255 g/mol. The van der Waals surface area contributed by atoms with E-state index >= 15 is 0 Å². The van der Waals surface area contributed by atoms with Crippen LogP contribution in [-0.4, -0.2) is 18.8 Å². The van der Waals surface area contributed by atoms with E-state index in [1.54, 1.807) is 7.11 Å². The van der Waals surface area contributed by atoms with Crippen LogP contribution in [0.3, 0.4) is 0 Å². The molecule has 94 valence electrons. The van der Waals surface area contributed by atoms with Crippen molar-refractivity contribution in [3.63, 3.8) is 0 Å². The average Bonchev–Trinajstić information content (AvgIpc) is 2.27. The number of ether oxygens (including phenoxy) is 1. The van der Waals surface area contributed by atoms with E-state index in [-0.39, 0.29) is 11.3 Å². The Bertz CT molecular complexity index is 422.